The number of nitriles is 1. The molecule has 2 unspecified atom stereocenters. The predicted octanol–water partition coefficient (Wildman–Crippen LogP) is 3.58. The molecule has 5 nitrogen and oxygen atoms in total. The van der Waals surface area contributed by atoms with Gasteiger partial charge >= 0.3 is 5.97 Å². The summed E-state index contributed by atoms with van der Waals surface area (Å²) < 4.78 is 14.0. The summed E-state index contributed by atoms with van der Waals surface area (Å²) in [4.78, 5) is 15.6. The molecule has 1 aromatic heterocycles. The van der Waals surface area contributed by atoms with Crippen LogP contribution in [-0.2, 0) is 4.79 Å². The maximum absolute atomic E-state index is 14.0. The molecule has 0 radical (unpaired) electrons. The molecule has 22 heavy (non-hydrogen) atoms. The molecule has 2 N–H and O–H groups in total. The zero-order valence-corrected chi connectivity index (χ0v) is 13.0. The number of aromatic nitrogens is 1. The highest BCUT2D eigenvalue weighted by Gasteiger charge is 2.46. The van der Waals surface area contributed by atoms with Gasteiger partial charge < -0.3 is 10.4 Å². The third-order valence-corrected chi connectivity index (χ3v) is 4.74. The van der Waals surface area contributed by atoms with Crippen LogP contribution in [0.2, 0.25) is 5.15 Å². The van der Waals surface area contributed by atoms with Crippen molar-refractivity contribution in [3.8, 4) is 6.07 Å². The van der Waals surface area contributed by atoms with E-state index in [0.717, 1.165) is 18.9 Å². The van der Waals surface area contributed by atoms with Crippen LogP contribution in [0.1, 0.15) is 44.6 Å². The first-order valence-corrected chi connectivity index (χ1v) is 7.58. The average Bonchev–Trinajstić information content (AvgIpc) is 2.50. The maximum atomic E-state index is 14.0. The molecule has 0 spiro atoms. The van der Waals surface area contributed by atoms with Gasteiger partial charge in [0.05, 0.1) is 11.0 Å². The Morgan fingerprint density at radius 2 is 2.41 bits per heavy atom. The van der Waals surface area contributed by atoms with E-state index in [4.69, 9.17) is 16.9 Å². The second-order valence-corrected chi connectivity index (χ2v) is 5.88. The first-order chi connectivity index (χ1) is 10.4. The quantitative estimate of drug-likeness (QED) is 0.826. The van der Waals surface area contributed by atoms with E-state index in [2.05, 4.69) is 10.3 Å². The molecule has 2 rings (SSSR count). The Balaban J connectivity index is 2.34. The zero-order chi connectivity index (χ0) is 16.3. The highest BCUT2D eigenvalue weighted by Crippen LogP contribution is 2.41. The summed E-state index contributed by atoms with van der Waals surface area (Å²) in [5.41, 5.74) is -0.986. The fourth-order valence-electron chi connectivity index (χ4n) is 3.09. The minimum absolute atomic E-state index is 0.0478. The van der Waals surface area contributed by atoms with Crippen LogP contribution in [0.3, 0.4) is 0 Å². The van der Waals surface area contributed by atoms with Gasteiger partial charge in [-0.2, -0.15) is 5.26 Å². The summed E-state index contributed by atoms with van der Waals surface area (Å²) in [6.45, 7) is 1.82. The Kier molecular flexibility index (Phi) is 4.87. The molecule has 1 aliphatic rings. The van der Waals surface area contributed by atoms with Crippen LogP contribution >= 0.6 is 11.6 Å². The van der Waals surface area contributed by atoms with Crippen LogP contribution in [0.5, 0.6) is 0 Å². The van der Waals surface area contributed by atoms with Crippen LogP contribution in [0.4, 0.5) is 10.2 Å². The summed E-state index contributed by atoms with van der Waals surface area (Å²) in [5.74, 6) is -1.69. The predicted molar refractivity (Wildman–Crippen MR) is 80.2 cm³/mol. The minimum atomic E-state index is -0.938. The monoisotopic (exact) mass is 325 g/mol. The van der Waals surface area contributed by atoms with Crippen LogP contribution in [0.25, 0.3) is 0 Å². The SMILES string of the molecule is CCC1(C(=O)O)CCCCC1Nc1nc(Cl)c(C#N)cc1F. The molecular weight excluding hydrogens is 309 g/mol. The molecule has 0 amide bonds. The smallest absolute Gasteiger partial charge is 0.311 e. The van der Waals surface area contributed by atoms with Gasteiger partial charge in [-0.1, -0.05) is 31.4 Å². The molecule has 118 valence electrons. The number of rotatable bonds is 4. The molecule has 0 aromatic carbocycles. The lowest BCUT2D eigenvalue weighted by Gasteiger charge is -2.40. The minimum Gasteiger partial charge on any atom is -0.481 e. The number of nitrogens with zero attached hydrogens (tertiary/aromatic N) is 2. The summed E-state index contributed by atoms with van der Waals surface area (Å²) in [5, 5.41) is 21.2. The molecule has 0 bridgehead atoms. The largest absolute Gasteiger partial charge is 0.481 e. The van der Waals surface area contributed by atoms with E-state index in [1.54, 1.807) is 6.07 Å². The lowest BCUT2D eigenvalue weighted by atomic mass is 9.68. The van der Waals surface area contributed by atoms with E-state index >= 15 is 0 Å². The van der Waals surface area contributed by atoms with Gasteiger partial charge in [-0.3, -0.25) is 4.79 Å². The average molecular weight is 326 g/mol. The van der Waals surface area contributed by atoms with Crippen LogP contribution in [0.15, 0.2) is 6.07 Å². The van der Waals surface area contributed by atoms with E-state index in [9.17, 15) is 14.3 Å². The zero-order valence-electron chi connectivity index (χ0n) is 12.2. The summed E-state index contributed by atoms with van der Waals surface area (Å²) in [6, 6.07) is 2.34. The van der Waals surface area contributed by atoms with Crippen molar-refractivity contribution >= 4 is 23.4 Å². The number of carboxylic acids is 1. The first kappa shape index (κ1) is 16.5. The van der Waals surface area contributed by atoms with Crippen molar-refractivity contribution in [3.05, 3.63) is 22.6 Å². The lowest BCUT2D eigenvalue weighted by molar-refractivity contribution is -0.152. The Bertz CT molecular complexity index is 632. The van der Waals surface area contributed by atoms with Gasteiger partial charge in [0, 0.05) is 6.04 Å². The first-order valence-electron chi connectivity index (χ1n) is 7.20. The number of nitrogens with one attached hydrogen (secondary N) is 1. The normalized spacial score (nSPS) is 24.5. The molecule has 7 heteroatoms. The number of anilines is 1. The van der Waals surface area contributed by atoms with E-state index in [-0.39, 0.29) is 16.5 Å². The molecule has 1 aliphatic carbocycles. The Hall–Kier alpha value is -1.87. The molecule has 0 aliphatic heterocycles. The number of pyridine rings is 1. The van der Waals surface area contributed by atoms with E-state index in [1.807, 2.05) is 6.92 Å². The highest BCUT2D eigenvalue weighted by atomic mass is 35.5. The fraction of sp³-hybridized carbons (Fsp3) is 0.533. The van der Waals surface area contributed by atoms with Crippen molar-refractivity contribution in [1.29, 1.82) is 5.26 Å². The Morgan fingerprint density at radius 1 is 1.68 bits per heavy atom. The number of hydrogen-bond acceptors (Lipinski definition) is 4. The standard InChI is InChI=1S/C15H17ClFN3O2/c1-2-15(14(21)22)6-4-3-5-11(15)19-13-10(17)7-9(8-18)12(16)20-13/h7,11H,2-6H2,1H3,(H,19,20)(H,21,22). The van der Waals surface area contributed by atoms with Crippen molar-refractivity contribution in [2.75, 3.05) is 5.32 Å². The van der Waals surface area contributed by atoms with E-state index < -0.39 is 23.2 Å². The van der Waals surface area contributed by atoms with Gasteiger partial charge in [0.1, 0.15) is 11.2 Å². The van der Waals surface area contributed by atoms with Crippen molar-refractivity contribution in [2.24, 2.45) is 5.41 Å². The number of halogens is 2. The van der Waals surface area contributed by atoms with Gasteiger partial charge in [-0.05, 0) is 25.3 Å². The topological polar surface area (TPSA) is 86.0 Å². The summed E-state index contributed by atoms with van der Waals surface area (Å²) in [7, 11) is 0. The number of carbonyl (C=O) groups is 1. The Labute approximate surface area is 133 Å². The molecule has 1 heterocycles. The maximum Gasteiger partial charge on any atom is 0.311 e. The lowest BCUT2D eigenvalue weighted by Crippen LogP contribution is -2.48. The fourth-order valence-corrected chi connectivity index (χ4v) is 3.27. The van der Waals surface area contributed by atoms with E-state index in [0.29, 0.717) is 19.3 Å². The Morgan fingerprint density at radius 3 is 3.00 bits per heavy atom. The van der Waals surface area contributed by atoms with Crippen molar-refractivity contribution in [2.45, 2.75) is 45.1 Å². The van der Waals surface area contributed by atoms with Crippen LogP contribution < -0.4 is 5.32 Å². The van der Waals surface area contributed by atoms with Crippen LogP contribution in [-0.4, -0.2) is 22.1 Å². The molecule has 1 saturated carbocycles. The molecular formula is C15H17ClFN3O2. The van der Waals surface area contributed by atoms with E-state index in [1.165, 1.54) is 0 Å². The van der Waals surface area contributed by atoms with Crippen molar-refractivity contribution in [1.82, 2.24) is 4.98 Å². The van der Waals surface area contributed by atoms with Gasteiger partial charge in [-0.25, -0.2) is 9.37 Å². The number of carboxylic acid groups (broad SMARTS) is 1. The molecule has 1 fully saturated rings. The van der Waals surface area contributed by atoms with Gasteiger partial charge in [-0.15, -0.1) is 0 Å². The number of aliphatic carboxylic acids is 1. The van der Waals surface area contributed by atoms with Gasteiger partial charge in [0.15, 0.2) is 11.6 Å². The molecule has 0 saturated heterocycles. The highest BCUT2D eigenvalue weighted by molar-refractivity contribution is 6.30. The second kappa shape index (κ2) is 6.49. The van der Waals surface area contributed by atoms with Crippen molar-refractivity contribution < 1.29 is 14.3 Å². The van der Waals surface area contributed by atoms with Gasteiger partial charge in [0.25, 0.3) is 0 Å². The molecule has 1 aromatic rings. The third-order valence-electron chi connectivity index (χ3n) is 4.45. The third kappa shape index (κ3) is 2.86. The van der Waals surface area contributed by atoms with Crippen molar-refractivity contribution in [3.63, 3.8) is 0 Å². The van der Waals surface area contributed by atoms with Gasteiger partial charge in [0.2, 0.25) is 0 Å². The molecule has 2 atom stereocenters. The number of hydrogen-bond donors (Lipinski definition) is 2. The summed E-state index contributed by atoms with van der Waals surface area (Å²) >= 11 is 5.83. The second-order valence-electron chi connectivity index (χ2n) is 5.53. The summed E-state index contributed by atoms with van der Waals surface area (Å²) in [6.07, 6.45) is 3.33. The van der Waals surface area contributed by atoms with Crippen LogP contribution in [0, 0.1) is 22.6 Å².